The molecule has 21 heavy (non-hydrogen) atoms. The number of rotatable bonds is 6. The number of benzene rings is 1. The molecule has 0 fully saturated rings. The molecule has 0 N–H and O–H groups in total. The van der Waals surface area contributed by atoms with Crippen molar-refractivity contribution >= 4 is 38.6 Å². The summed E-state index contributed by atoms with van der Waals surface area (Å²) in [5, 5.41) is 10.0. The van der Waals surface area contributed by atoms with E-state index in [1.807, 2.05) is 12.1 Å². The van der Waals surface area contributed by atoms with Crippen LogP contribution in [-0.4, -0.2) is 15.3 Å². The van der Waals surface area contributed by atoms with Gasteiger partial charge >= 0.3 is 0 Å². The lowest BCUT2D eigenvalue weighted by atomic mass is 10.2. The first-order valence-corrected chi connectivity index (χ1v) is 8.65. The zero-order chi connectivity index (χ0) is 15.2. The molecule has 0 radical (unpaired) electrons. The molecule has 0 saturated heterocycles. The molecule has 2 rings (SSSR count). The Morgan fingerprint density at radius 3 is 2.95 bits per heavy atom. The van der Waals surface area contributed by atoms with E-state index in [1.54, 1.807) is 10.6 Å². The molecule has 110 valence electrons. The Labute approximate surface area is 136 Å². The minimum Gasteiger partial charge on any atom is -0.287 e. The van der Waals surface area contributed by atoms with E-state index in [-0.39, 0.29) is 5.56 Å². The molecule has 0 bridgehead atoms. The van der Waals surface area contributed by atoms with Gasteiger partial charge in [-0.1, -0.05) is 47.5 Å². The Morgan fingerprint density at radius 2 is 2.24 bits per heavy atom. The Hall–Kier alpha value is -1.32. The molecule has 0 aliphatic rings. The van der Waals surface area contributed by atoms with Gasteiger partial charge in [0.25, 0.3) is 5.56 Å². The van der Waals surface area contributed by atoms with Crippen molar-refractivity contribution in [2.24, 2.45) is 0 Å². The Morgan fingerprint density at radius 1 is 1.43 bits per heavy atom. The van der Waals surface area contributed by atoms with Crippen LogP contribution in [0.3, 0.4) is 0 Å². The first-order chi connectivity index (χ1) is 10.2. The fourth-order valence-corrected chi connectivity index (χ4v) is 3.14. The van der Waals surface area contributed by atoms with E-state index < -0.39 is 0 Å². The molecule has 0 unspecified atom stereocenters. The van der Waals surface area contributed by atoms with Crippen molar-refractivity contribution in [2.45, 2.75) is 37.9 Å². The summed E-state index contributed by atoms with van der Waals surface area (Å²) in [5.74, 6) is 0.294. The first-order valence-electron chi connectivity index (χ1n) is 6.87. The second-order valence-electron chi connectivity index (χ2n) is 4.67. The van der Waals surface area contributed by atoms with Crippen LogP contribution >= 0.6 is 27.7 Å². The van der Waals surface area contributed by atoms with Crippen molar-refractivity contribution < 1.29 is 0 Å². The Balaban J connectivity index is 2.51. The van der Waals surface area contributed by atoms with Gasteiger partial charge in [-0.3, -0.25) is 9.36 Å². The number of aromatic nitrogens is 2. The number of unbranched alkanes of at least 4 members (excludes halogenated alkanes) is 2. The minimum absolute atomic E-state index is 0.0298. The van der Waals surface area contributed by atoms with Gasteiger partial charge in [-0.15, -0.1) is 0 Å². The maximum absolute atomic E-state index is 12.7. The van der Waals surface area contributed by atoms with Crippen LogP contribution in [0.25, 0.3) is 10.9 Å². The largest absolute Gasteiger partial charge is 0.287 e. The van der Waals surface area contributed by atoms with Gasteiger partial charge in [-0.2, -0.15) is 5.26 Å². The summed E-state index contributed by atoms with van der Waals surface area (Å²) < 4.78 is 2.57. The van der Waals surface area contributed by atoms with Gasteiger partial charge in [-0.05, 0) is 24.6 Å². The van der Waals surface area contributed by atoms with Crippen LogP contribution in [-0.2, 0) is 6.54 Å². The molecule has 1 aromatic carbocycles. The van der Waals surface area contributed by atoms with Gasteiger partial charge in [0.05, 0.1) is 22.7 Å². The van der Waals surface area contributed by atoms with Crippen molar-refractivity contribution in [3.05, 3.63) is 33.0 Å². The monoisotopic (exact) mass is 365 g/mol. The summed E-state index contributed by atoms with van der Waals surface area (Å²) in [4.78, 5) is 17.2. The Bertz CT molecular complexity index is 736. The average molecular weight is 366 g/mol. The molecular weight excluding hydrogens is 350 g/mol. The highest BCUT2D eigenvalue weighted by Gasteiger charge is 2.11. The van der Waals surface area contributed by atoms with Crippen LogP contribution in [0, 0.1) is 11.3 Å². The zero-order valence-corrected chi connectivity index (χ0v) is 14.2. The minimum atomic E-state index is -0.0298. The van der Waals surface area contributed by atoms with Crippen molar-refractivity contribution in [2.75, 3.05) is 5.75 Å². The smallest absolute Gasteiger partial charge is 0.262 e. The third-order valence-corrected chi connectivity index (χ3v) is 4.47. The second kappa shape index (κ2) is 7.62. The molecule has 0 aliphatic heterocycles. The van der Waals surface area contributed by atoms with E-state index in [0.717, 1.165) is 23.7 Å². The lowest BCUT2D eigenvalue weighted by Gasteiger charge is -2.12. The Kier molecular flexibility index (Phi) is 5.83. The van der Waals surface area contributed by atoms with Crippen LogP contribution in [0.5, 0.6) is 0 Å². The molecule has 0 amide bonds. The summed E-state index contributed by atoms with van der Waals surface area (Å²) in [5.41, 5.74) is 0.647. The van der Waals surface area contributed by atoms with Crippen molar-refractivity contribution in [3.8, 4) is 6.07 Å². The van der Waals surface area contributed by atoms with E-state index in [4.69, 9.17) is 5.26 Å². The number of thioether (sulfide) groups is 1. The van der Waals surface area contributed by atoms with Crippen LogP contribution in [0.2, 0.25) is 0 Å². The fraction of sp³-hybridized carbons (Fsp3) is 0.400. The molecule has 4 nitrogen and oxygen atoms in total. The van der Waals surface area contributed by atoms with E-state index >= 15 is 0 Å². The maximum atomic E-state index is 12.7. The summed E-state index contributed by atoms with van der Waals surface area (Å²) in [6.45, 7) is 2.78. The highest BCUT2D eigenvalue weighted by Crippen LogP contribution is 2.20. The number of nitriles is 1. The fourth-order valence-electron chi connectivity index (χ4n) is 2.10. The summed E-state index contributed by atoms with van der Waals surface area (Å²) >= 11 is 4.71. The van der Waals surface area contributed by atoms with Crippen molar-refractivity contribution in [1.82, 2.24) is 9.55 Å². The predicted molar refractivity (Wildman–Crippen MR) is 89.6 cm³/mol. The van der Waals surface area contributed by atoms with Crippen molar-refractivity contribution in [3.63, 3.8) is 0 Å². The molecule has 1 aromatic heterocycles. The average Bonchev–Trinajstić information content (AvgIpc) is 2.48. The number of hydrogen-bond acceptors (Lipinski definition) is 4. The summed E-state index contributed by atoms with van der Waals surface area (Å²) in [7, 11) is 0. The van der Waals surface area contributed by atoms with E-state index in [9.17, 15) is 4.79 Å². The van der Waals surface area contributed by atoms with Gasteiger partial charge in [0, 0.05) is 11.0 Å². The molecule has 0 aliphatic carbocycles. The highest BCUT2D eigenvalue weighted by molar-refractivity contribution is 9.10. The molecule has 0 spiro atoms. The molecule has 0 saturated carbocycles. The third-order valence-electron chi connectivity index (χ3n) is 3.13. The number of fused-ring (bicyclic) bond motifs is 1. The lowest BCUT2D eigenvalue weighted by Crippen LogP contribution is -2.23. The quantitative estimate of drug-likeness (QED) is 0.441. The van der Waals surface area contributed by atoms with Crippen LogP contribution < -0.4 is 5.56 Å². The third kappa shape index (κ3) is 3.86. The maximum Gasteiger partial charge on any atom is 0.262 e. The molecular formula is C15H16BrN3OS. The molecule has 6 heteroatoms. The van der Waals surface area contributed by atoms with Gasteiger partial charge in [0.2, 0.25) is 0 Å². The first kappa shape index (κ1) is 16.1. The topological polar surface area (TPSA) is 58.7 Å². The summed E-state index contributed by atoms with van der Waals surface area (Å²) in [6, 6.07) is 7.59. The van der Waals surface area contributed by atoms with E-state index in [2.05, 4.69) is 33.9 Å². The highest BCUT2D eigenvalue weighted by atomic mass is 79.9. The van der Waals surface area contributed by atoms with Crippen LogP contribution in [0.4, 0.5) is 0 Å². The van der Waals surface area contributed by atoms with Gasteiger partial charge in [-0.25, -0.2) is 4.98 Å². The van der Waals surface area contributed by atoms with Crippen LogP contribution in [0.1, 0.15) is 26.2 Å². The van der Waals surface area contributed by atoms with E-state index in [1.165, 1.54) is 11.8 Å². The van der Waals surface area contributed by atoms with Gasteiger partial charge in [0.1, 0.15) is 0 Å². The van der Waals surface area contributed by atoms with Gasteiger partial charge < -0.3 is 0 Å². The van der Waals surface area contributed by atoms with Crippen LogP contribution in [0.15, 0.2) is 32.6 Å². The molecule has 2 aromatic rings. The van der Waals surface area contributed by atoms with Crippen molar-refractivity contribution in [1.29, 1.82) is 5.26 Å². The van der Waals surface area contributed by atoms with Gasteiger partial charge in [0.15, 0.2) is 5.16 Å². The zero-order valence-electron chi connectivity index (χ0n) is 11.8. The lowest BCUT2D eigenvalue weighted by molar-refractivity contribution is 0.542. The second-order valence-corrected chi connectivity index (χ2v) is 6.52. The normalized spacial score (nSPS) is 10.7. The summed E-state index contributed by atoms with van der Waals surface area (Å²) in [6.07, 6.45) is 3.12. The predicted octanol–water partition coefficient (Wildman–Crippen LogP) is 3.96. The molecule has 0 atom stereocenters. The standard InChI is InChI=1S/C15H16BrN3OS/c1-2-3-4-8-19-14(20)12-10-11(16)5-6-13(12)18-15(19)21-9-7-17/h5-6,10H,2-4,8-9H2,1H3. The number of hydrogen-bond donors (Lipinski definition) is 0. The number of halogens is 1. The van der Waals surface area contributed by atoms with E-state index in [0.29, 0.717) is 28.4 Å². The molecule has 1 heterocycles. The SMILES string of the molecule is CCCCCn1c(SCC#N)nc2ccc(Br)cc2c1=O. The number of nitrogens with zero attached hydrogens (tertiary/aromatic N) is 3.